The summed E-state index contributed by atoms with van der Waals surface area (Å²) in [6, 6.07) is 3.60. The molecule has 0 radical (unpaired) electrons. The number of nitrogens with zero attached hydrogens (tertiary/aromatic N) is 2. The molecule has 2 saturated heterocycles. The molecule has 2 aliphatic rings. The van der Waals surface area contributed by atoms with Crippen LogP contribution in [0.4, 0.5) is 13.2 Å². The van der Waals surface area contributed by atoms with Crippen molar-refractivity contribution < 1.29 is 27.6 Å². The SMILES string of the molecule is O=C1CCC(C(=O)N2CCN(C(=O)c3ccc(C(F)(F)F)cc3)CC2)N1. The van der Waals surface area contributed by atoms with Gasteiger partial charge in [-0.25, -0.2) is 0 Å². The number of alkyl halides is 3. The molecule has 2 aliphatic heterocycles. The van der Waals surface area contributed by atoms with Gasteiger partial charge in [0, 0.05) is 38.2 Å². The van der Waals surface area contributed by atoms with E-state index in [9.17, 15) is 27.6 Å². The lowest BCUT2D eigenvalue weighted by Gasteiger charge is -2.36. The molecule has 0 spiro atoms. The first-order valence-electron chi connectivity index (χ1n) is 8.30. The Morgan fingerprint density at radius 3 is 2.08 bits per heavy atom. The largest absolute Gasteiger partial charge is 0.416 e. The summed E-state index contributed by atoms with van der Waals surface area (Å²) in [5.41, 5.74) is -0.621. The second-order valence-corrected chi connectivity index (χ2v) is 6.35. The Balaban J connectivity index is 1.56. The molecule has 0 saturated carbocycles. The highest BCUT2D eigenvalue weighted by Gasteiger charge is 2.33. The van der Waals surface area contributed by atoms with E-state index >= 15 is 0 Å². The number of hydrogen-bond donors (Lipinski definition) is 1. The van der Waals surface area contributed by atoms with Crippen LogP contribution < -0.4 is 5.32 Å². The van der Waals surface area contributed by atoms with Gasteiger partial charge in [0.2, 0.25) is 11.8 Å². The van der Waals surface area contributed by atoms with E-state index in [1.54, 1.807) is 4.90 Å². The highest BCUT2D eigenvalue weighted by atomic mass is 19.4. The predicted octanol–water partition coefficient (Wildman–Crippen LogP) is 1.27. The summed E-state index contributed by atoms with van der Waals surface area (Å²) in [6.07, 6.45) is -3.63. The van der Waals surface area contributed by atoms with E-state index in [0.29, 0.717) is 39.0 Å². The molecule has 1 unspecified atom stereocenters. The molecule has 0 aliphatic carbocycles. The van der Waals surface area contributed by atoms with Crippen LogP contribution in [0.1, 0.15) is 28.8 Å². The van der Waals surface area contributed by atoms with Crippen molar-refractivity contribution in [2.45, 2.75) is 25.1 Å². The van der Waals surface area contributed by atoms with Crippen molar-refractivity contribution in [2.24, 2.45) is 0 Å². The molecule has 9 heteroatoms. The first-order chi connectivity index (χ1) is 12.3. The van der Waals surface area contributed by atoms with Gasteiger partial charge in [0.25, 0.3) is 5.91 Å². The summed E-state index contributed by atoms with van der Waals surface area (Å²) in [5, 5.41) is 2.63. The lowest BCUT2D eigenvalue weighted by Crippen LogP contribution is -2.54. The molecule has 1 N–H and O–H groups in total. The Hall–Kier alpha value is -2.58. The Bertz CT molecular complexity index is 710. The fraction of sp³-hybridized carbons (Fsp3) is 0.471. The van der Waals surface area contributed by atoms with E-state index in [2.05, 4.69) is 5.32 Å². The van der Waals surface area contributed by atoms with E-state index in [4.69, 9.17) is 0 Å². The number of hydrogen-bond acceptors (Lipinski definition) is 3. The van der Waals surface area contributed by atoms with Gasteiger partial charge < -0.3 is 15.1 Å². The monoisotopic (exact) mass is 369 g/mol. The molecule has 6 nitrogen and oxygen atoms in total. The van der Waals surface area contributed by atoms with E-state index in [-0.39, 0.29) is 23.3 Å². The Kier molecular flexibility index (Phi) is 4.88. The Morgan fingerprint density at radius 2 is 1.58 bits per heavy atom. The van der Waals surface area contributed by atoms with Crippen molar-refractivity contribution in [3.63, 3.8) is 0 Å². The zero-order valence-electron chi connectivity index (χ0n) is 13.9. The Labute approximate surface area is 147 Å². The summed E-state index contributed by atoms with van der Waals surface area (Å²) in [5.74, 6) is -0.656. The second-order valence-electron chi connectivity index (χ2n) is 6.35. The number of piperazine rings is 1. The minimum Gasteiger partial charge on any atom is -0.344 e. The standard InChI is InChI=1S/C17H18F3N3O3/c18-17(19,20)12-3-1-11(2-4-12)15(25)22-7-9-23(10-8-22)16(26)13-5-6-14(24)21-13/h1-4,13H,5-10H2,(H,21,24). The lowest BCUT2D eigenvalue weighted by molar-refractivity contribution is -0.137. The maximum absolute atomic E-state index is 12.6. The van der Waals surface area contributed by atoms with Crippen molar-refractivity contribution in [3.05, 3.63) is 35.4 Å². The van der Waals surface area contributed by atoms with Gasteiger partial charge in [0.15, 0.2) is 0 Å². The molecule has 3 rings (SSSR count). The van der Waals surface area contributed by atoms with Gasteiger partial charge in [-0.05, 0) is 30.7 Å². The van der Waals surface area contributed by atoms with Crippen LogP contribution in [-0.2, 0) is 15.8 Å². The quantitative estimate of drug-likeness (QED) is 0.854. The lowest BCUT2D eigenvalue weighted by atomic mass is 10.1. The average molecular weight is 369 g/mol. The number of halogens is 3. The van der Waals surface area contributed by atoms with Crippen LogP contribution in [0.5, 0.6) is 0 Å². The second kappa shape index (κ2) is 6.97. The number of carbonyl (C=O) groups is 3. The zero-order chi connectivity index (χ0) is 18.9. The van der Waals surface area contributed by atoms with Crippen LogP contribution in [0.25, 0.3) is 0 Å². The molecule has 0 aromatic heterocycles. The van der Waals surface area contributed by atoms with Crippen LogP contribution in [0.2, 0.25) is 0 Å². The Morgan fingerprint density at radius 1 is 1.00 bits per heavy atom. The fourth-order valence-corrected chi connectivity index (χ4v) is 3.13. The number of rotatable bonds is 2. The van der Waals surface area contributed by atoms with Gasteiger partial charge in [-0.15, -0.1) is 0 Å². The molecule has 0 bridgehead atoms. The normalized spacial score (nSPS) is 20.9. The summed E-state index contributed by atoms with van der Waals surface area (Å²) >= 11 is 0. The molecule has 1 aromatic carbocycles. The molecule has 26 heavy (non-hydrogen) atoms. The third-order valence-corrected chi connectivity index (χ3v) is 4.63. The average Bonchev–Trinajstić information content (AvgIpc) is 3.06. The smallest absolute Gasteiger partial charge is 0.344 e. The van der Waals surface area contributed by atoms with Crippen LogP contribution >= 0.6 is 0 Å². The van der Waals surface area contributed by atoms with Gasteiger partial charge >= 0.3 is 6.18 Å². The van der Waals surface area contributed by atoms with Crippen molar-refractivity contribution >= 4 is 17.7 Å². The topological polar surface area (TPSA) is 69.7 Å². The van der Waals surface area contributed by atoms with Gasteiger partial charge in [-0.1, -0.05) is 0 Å². The number of amides is 3. The zero-order valence-corrected chi connectivity index (χ0v) is 13.9. The van der Waals surface area contributed by atoms with Crippen LogP contribution in [0.15, 0.2) is 24.3 Å². The number of benzene rings is 1. The maximum Gasteiger partial charge on any atom is 0.416 e. The first-order valence-corrected chi connectivity index (χ1v) is 8.30. The van der Waals surface area contributed by atoms with Crippen molar-refractivity contribution in [2.75, 3.05) is 26.2 Å². The minimum atomic E-state index is -4.44. The summed E-state index contributed by atoms with van der Waals surface area (Å²) in [6.45, 7) is 1.26. The van der Waals surface area contributed by atoms with Gasteiger partial charge in [0.1, 0.15) is 6.04 Å². The van der Waals surface area contributed by atoms with Gasteiger partial charge in [0.05, 0.1) is 5.56 Å². The molecule has 1 atom stereocenters. The third kappa shape index (κ3) is 3.81. The molecular weight excluding hydrogens is 351 g/mol. The molecule has 2 heterocycles. The van der Waals surface area contributed by atoms with Crippen molar-refractivity contribution in [1.82, 2.24) is 15.1 Å². The highest BCUT2D eigenvalue weighted by Crippen LogP contribution is 2.29. The molecule has 2 fully saturated rings. The van der Waals surface area contributed by atoms with Gasteiger partial charge in [-0.3, -0.25) is 14.4 Å². The minimum absolute atomic E-state index is 0.139. The maximum atomic E-state index is 12.6. The summed E-state index contributed by atoms with van der Waals surface area (Å²) in [7, 11) is 0. The summed E-state index contributed by atoms with van der Waals surface area (Å²) in [4.78, 5) is 39.1. The predicted molar refractivity (Wildman–Crippen MR) is 85.1 cm³/mol. The molecule has 1 aromatic rings. The van der Waals surface area contributed by atoms with Crippen molar-refractivity contribution in [1.29, 1.82) is 0 Å². The third-order valence-electron chi connectivity index (χ3n) is 4.63. The van der Waals surface area contributed by atoms with Crippen molar-refractivity contribution in [3.8, 4) is 0 Å². The highest BCUT2D eigenvalue weighted by molar-refractivity contribution is 5.95. The molecular formula is C17H18F3N3O3. The fourth-order valence-electron chi connectivity index (χ4n) is 3.13. The van der Waals surface area contributed by atoms with Crippen LogP contribution in [0, 0.1) is 0 Å². The number of carbonyl (C=O) groups excluding carboxylic acids is 3. The molecule has 140 valence electrons. The van der Waals surface area contributed by atoms with E-state index in [0.717, 1.165) is 24.3 Å². The molecule has 3 amide bonds. The van der Waals surface area contributed by atoms with E-state index in [1.807, 2.05) is 0 Å². The van der Waals surface area contributed by atoms with E-state index < -0.39 is 17.8 Å². The van der Waals surface area contributed by atoms with Gasteiger partial charge in [-0.2, -0.15) is 13.2 Å². The van der Waals surface area contributed by atoms with E-state index in [1.165, 1.54) is 4.90 Å². The van der Waals surface area contributed by atoms with Crippen LogP contribution in [-0.4, -0.2) is 59.7 Å². The first kappa shape index (κ1) is 18.2. The van der Waals surface area contributed by atoms with Crippen LogP contribution in [0.3, 0.4) is 0 Å². The summed E-state index contributed by atoms with van der Waals surface area (Å²) < 4.78 is 37.8. The number of nitrogens with one attached hydrogen (secondary N) is 1.